The summed E-state index contributed by atoms with van der Waals surface area (Å²) >= 11 is 1.68. The summed E-state index contributed by atoms with van der Waals surface area (Å²) in [5.41, 5.74) is 2.57. The third kappa shape index (κ3) is 2.85. The summed E-state index contributed by atoms with van der Waals surface area (Å²) in [5, 5.41) is 0. The third-order valence-electron chi connectivity index (χ3n) is 4.16. The van der Waals surface area contributed by atoms with E-state index in [-0.39, 0.29) is 11.8 Å². The first-order chi connectivity index (χ1) is 12.3. The van der Waals surface area contributed by atoms with Crippen LogP contribution in [0.15, 0.2) is 83.8 Å². The summed E-state index contributed by atoms with van der Waals surface area (Å²) in [7, 11) is 0. The fourth-order valence-corrected chi connectivity index (χ4v) is 3.85. The molecular formula is C21H15NO2S. The molecule has 122 valence electrons. The van der Waals surface area contributed by atoms with Crippen molar-refractivity contribution in [1.29, 1.82) is 0 Å². The molecule has 4 rings (SSSR count). The number of thioether (sulfide) groups is 1. The third-order valence-corrected chi connectivity index (χ3v) is 5.22. The zero-order chi connectivity index (χ0) is 17.2. The lowest BCUT2D eigenvalue weighted by molar-refractivity contribution is 0.0926. The molecule has 1 aliphatic heterocycles. The van der Waals surface area contributed by atoms with Crippen LogP contribution in [0.3, 0.4) is 0 Å². The molecule has 0 saturated heterocycles. The molecule has 1 heterocycles. The van der Waals surface area contributed by atoms with Crippen LogP contribution in [0.1, 0.15) is 26.3 Å². The molecule has 25 heavy (non-hydrogen) atoms. The largest absolute Gasteiger partial charge is 0.268 e. The second-order valence-electron chi connectivity index (χ2n) is 5.72. The molecule has 1 aliphatic rings. The van der Waals surface area contributed by atoms with E-state index in [9.17, 15) is 9.59 Å². The van der Waals surface area contributed by atoms with Gasteiger partial charge in [0.25, 0.3) is 11.8 Å². The van der Waals surface area contributed by atoms with Crippen LogP contribution in [0, 0.1) is 0 Å². The van der Waals surface area contributed by atoms with E-state index in [4.69, 9.17) is 0 Å². The van der Waals surface area contributed by atoms with Gasteiger partial charge in [0, 0.05) is 10.6 Å². The number of imide groups is 1. The van der Waals surface area contributed by atoms with Crippen molar-refractivity contribution in [2.75, 3.05) is 4.90 Å². The maximum atomic E-state index is 12.7. The van der Waals surface area contributed by atoms with Gasteiger partial charge in [-0.25, -0.2) is 4.90 Å². The second-order valence-corrected chi connectivity index (χ2v) is 6.77. The first kappa shape index (κ1) is 15.7. The molecule has 2 amide bonds. The minimum atomic E-state index is -0.252. The number of anilines is 1. The van der Waals surface area contributed by atoms with Gasteiger partial charge in [0.15, 0.2) is 0 Å². The highest BCUT2D eigenvalue weighted by atomic mass is 32.2. The van der Waals surface area contributed by atoms with E-state index < -0.39 is 0 Å². The van der Waals surface area contributed by atoms with Gasteiger partial charge in [-0.3, -0.25) is 9.59 Å². The Labute approximate surface area is 150 Å². The lowest BCUT2D eigenvalue weighted by Gasteiger charge is -2.18. The normalized spacial score (nSPS) is 13.2. The predicted molar refractivity (Wildman–Crippen MR) is 100 cm³/mol. The first-order valence-corrected chi connectivity index (χ1v) is 8.98. The van der Waals surface area contributed by atoms with Crippen LogP contribution in [-0.4, -0.2) is 11.8 Å². The van der Waals surface area contributed by atoms with Crippen LogP contribution in [0.5, 0.6) is 0 Å². The van der Waals surface area contributed by atoms with Gasteiger partial charge < -0.3 is 0 Å². The number of rotatable bonds is 4. The van der Waals surface area contributed by atoms with Gasteiger partial charge in [-0.15, -0.1) is 11.8 Å². The van der Waals surface area contributed by atoms with E-state index in [0.717, 1.165) is 10.5 Å². The van der Waals surface area contributed by atoms with E-state index >= 15 is 0 Å². The number of carbonyl (C=O) groups excluding carboxylic acids is 2. The van der Waals surface area contributed by atoms with Crippen molar-refractivity contribution < 1.29 is 9.59 Å². The lowest BCUT2D eigenvalue weighted by Crippen LogP contribution is -2.30. The van der Waals surface area contributed by atoms with Gasteiger partial charge in [0.05, 0.1) is 16.8 Å². The van der Waals surface area contributed by atoms with Crippen LogP contribution in [0.2, 0.25) is 0 Å². The summed E-state index contributed by atoms with van der Waals surface area (Å²) in [6.07, 6.45) is 0. The van der Waals surface area contributed by atoms with Crippen molar-refractivity contribution in [2.45, 2.75) is 10.6 Å². The fraction of sp³-hybridized carbons (Fsp3) is 0.0476. The highest BCUT2D eigenvalue weighted by Crippen LogP contribution is 2.33. The molecule has 3 aromatic carbocycles. The summed E-state index contributed by atoms with van der Waals surface area (Å²) in [6.45, 7) is 0. The van der Waals surface area contributed by atoms with Crippen LogP contribution < -0.4 is 4.90 Å². The number of fused-ring (bicyclic) bond motifs is 1. The van der Waals surface area contributed by atoms with Gasteiger partial charge >= 0.3 is 0 Å². The first-order valence-electron chi connectivity index (χ1n) is 7.99. The number of carbonyl (C=O) groups is 2. The zero-order valence-electron chi connectivity index (χ0n) is 13.4. The standard InChI is InChI=1S/C21H15NO2S/c23-20-17-11-5-6-12-18(17)21(24)22(20)19-13-7-4-8-15(19)14-25-16-9-2-1-3-10-16/h1-13H,14H2. The van der Waals surface area contributed by atoms with Gasteiger partial charge in [0.1, 0.15) is 0 Å². The summed E-state index contributed by atoms with van der Waals surface area (Å²) in [6, 6.07) is 24.6. The zero-order valence-corrected chi connectivity index (χ0v) is 14.2. The molecule has 4 heteroatoms. The monoisotopic (exact) mass is 345 g/mol. The van der Waals surface area contributed by atoms with Crippen molar-refractivity contribution in [3.63, 3.8) is 0 Å². The van der Waals surface area contributed by atoms with Crippen LogP contribution in [0.25, 0.3) is 0 Å². The van der Waals surface area contributed by atoms with Crippen molar-refractivity contribution in [3.05, 3.63) is 95.6 Å². The molecule has 0 atom stereocenters. The molecule has 0 spiro atoms. The second kappa shape index (κ2) is 6.57. The SMILES string of the molecule is O=C1c2ccccc2C(=O)N1c1ccccc1CSc1ccccc1. The molecule has 0 aromatic heterocycles. The summed E-state index contributed by atoms with van der Waals surface area (Å²) < 4.78 is 0. The van der Waals surface area contributed by atoms with Crippen molar-refractivity contribution >= 4 is 29.3 Å². The molecule has 0 fully saturated rings. The Bertz CT molecular complexity index is 918. The fourth-order valence-electron chi connectivity index (χ4n) is 2.94. The van der Waals surface area contributed by atoms with E-state index in [1.54, 1.807) is 36.0 Å². The van der Waals surface area contributed by atoms with Crippen molar-refractivity contribution in [1.82, 2.24) is 0 Å². The maximum Gasteiger partial charge on any atom is 0.266 e. The molecule has 0 radical (unpaired) electrons. The smallest absolute Gasteiger partial charge is 0.266 e. The Hall–Kier alpha value is -2.85. The molecule has 0 N–H and O–H groups in total. The molecule has 0 bridgehead atoms. The number of benzene rings is 3. The number of nitrogens with zero attached hydrogens (tertiary/aromatic N) is 1. The van der Waals surface area contributed by atoms with Crippen LogP contribution in [0.4, 0.5) is 5.69 Å². The Kier molecular flexibility index (Phi) is 4.12. The van der Waals surface area contributed by atoms with Crippen LogP contribution >= 0.6 is 11.8 Å². The van der Waals surface area contributed by atoms with Crippen molar-refractivity contribution in [3.8, 4) is 0 Å². The summed E-state index contributed by atoms with van der Waals surface area (Å²) in [5.74, 6) is 0.184. The number of hydrogen-bond acceptors (Lipinski definition) is 3. The lowest BCUT2D eigenvalue weighted by atomic mass is 10.1. The number of amides is 2. The van der Waals surface area contributed by atoms with E-state index in [0.29, 0.717) is 22.6 Å². The topological polar surface area (TPSA) is 37.4 Å². The minimum Gasteiger partial charge on any atom is -0.268 e. The van der Waals surface area contributed by atoms with E-state index in [1.807, 2.05) is 42.5 Å². The molecule has 0 aliphatic carbocycles. The molecule has 0 saturated carbocycles. The number of hydrogen-bond donors (Lipinski definition) is 0. The van der Waals surface area contributed by atoms with Gasteiger partial charge in [-0.05, 0) is 35.9 Å². The van der Waals surface area contributed by atoms with E-state index in [2.05, 4.69) is 12.1 Å². The Morgan fingerprint density at radius 2 is 1.24 bits per heavy atom. The van der Waals surface area contributed by atoms with Crippen LogP contribution in [-0.2, 0) is 5.75 Å². The average molecular weight is 345 g/mol. The Morgan fingerprint density at radius 3 is 1.92 bits per heavy atom. The highest BCUT2D eigenvalue weighted by Gasteiger charge is 2.37. The summed E-state index contributed by atoms with van der Waals surface area (Å²) in [4.78, 5) is 27.9. The number of para-hydroxylation sites is 1. The Balaban J connectivity index is 1.66. The molecule has 0 unspecified atom stereocenters. The van der Waals surface area contributed by atoms with E-state index in [1.165, 1.54) is 4.90 Å². The quantitative estimate of drug-likeness (QED) is 0.504. The molecular weight excluding hydrogens is 330 g/mol. The van der Waals surface area contributed by atoms with Gasteiger partial charge in [-0.2, -0.15) is 0 Å². The highest BCUT2D eigenvalue weighted by molar-refractivity contribution is 7.98. The van der Waals surface area contributed by atoms with Crippen molar-refractivity contribution in [2.24, 2.45) is 0 Å². The molecule has 3 nitrogen and oxygen atoms in total. The van der Waals surface area contributed by atoms with Gasteiger partial charge in [-0.1, -0.05) is 48.5 Å². The molecule has 3 aromatic rings. The predicted octanol–water partition coefficient (Wildman–Crippen LogP) is 4.78. The average Bonchev–Trinajstić information content (AvgIpc) is 2.92. The minimum absolute atomic E-state index is 0.252. The Morgan fingerprint density at radius 1 is 0.680 bits per heavy atom. The maximum absolute atomic E-state index is 12.7. The van der Waals surface area contributed by atoms with Gasteiger partial charge in [0.2, 0.25) is 0 Å².